The smallest absolute Gasteiger partial charge is 0.332 e. The molecule has 2 aromatic heterocycles. The molecule has 0 fully saturated rings. The molecule has 2 amide bonds. The highest BCUT2D eigenvalue weighted by molar-refractivity contribution is 6.21. The number of aromatic nitrogens is 4. The Morgan fingerprint density at radius 2 is 1.57 bits per heavy atom. The van der Waals surface area contributed by atoms with Crippen molar-refractivity contribution in [2.45, 2.75) is 19.3 Å². The maximum atomic E-state index is 12.3. The first-order valence-electron chi connectivity index (χ1n) is 9.00. The van der Waals surface area contributed by atoms with E-state index in [1.807, 2.05) is 0 Å². The Morgan fingerprint density at radius 1 is 0.929 bits per heavy atom. The lowest BCUT2D eigenvalue weighted by atomic mass is 10.1. The van der Waals surface area contributed by atoms with Gasteiger partial charge in [-0.1, -0.05) is 12.1 Å². The summed E-state index contributed by atoms with van der Waals surface area (Å²) in [5, 5.41) is 0. The molecule has 0 spiro atoms. The maximum Gasteiger partial charge on any atom is 0.332 e. The second-order valence-electron chi connectivity index (χ2n) is 6.85. The molecule has 0 aliphatic carbocycles. The first-order valence-corrected chi connectivity index (χ1v) is 9.00. The number of hydrogen-bond acceptors (Lipinski definition) is 5. The van der Waals surface area contributed by atoms with E-state index in [9.17, 15) is 19.2 Å². The Morgan fingerprint density at radius 3 is 2.21 bits per heavy atom. The summed E-state index contributed by atoms with van der Waals surface area (Å²) in [6.45, 7) is 0.326. The highest BCUT2D eigenvalue weighted by atomic mass is 16.2. The van der Waals surface area contributed by atoms with Crippen LogP contribution >= 0.6 is 0 Å². The second-order valence-corrected chi connectivity index (χ2v) is 6.85. The van der Waals surface area contributed by atoms with E-state index in [0.717, 1.165) is 4.57 Å². The molecule has 28 heavy (non-hydrogen) atoms. The summed E-state index contributed by atoms with van der Waals surface area (Å²) >= 11 is 0. The number of carbonyl (C=O) groups is 2. The molecule has 1 aliphatic heterocycles. The van der Waals surface area contributed by atoms with E-state index in [-0.39, 0.29) is 11.8 Å². The number of imidazole rings is 1. The average Bonchev–Trinajstić information content (AvgIpc) is 3.23. The van der Waals surface area contributed by atoms with Crippen LogP contribution in [0.3, 0.4) is 0 Å². The number of imide groups is 1. The molecule has 1 N–H and O–H groups in total. The van der Waals surface area contributed by atoms with Crippen LogP contribution in [0.15, 0.2) is 33.9 Å². The lowest BCUT2D eigenvalue weighted by Gasteiger charge is -2.13. The van der Waals surface area contributed by atoms with Gasteiger partial charge in [0.2, 0.25) is 0 Å². The molecule has 0 unspecified atom stereocenters. The minimum atomic E-state index is -0.429. The van der Waals surface area contributed by atoms with Crippen LogP contribution < -0.4 is 11.2 Å². The second kappa shape index (κ2) is 6.59. The van der Waals surface area contributed by atoms with Gasteiger partial charge in [0, 0.05) is 27.1 Å². The van der Waals surface area contributed by atoms with Gasteiger partial charge in [-0.2, -0.15) is 0 Å². The Balaban J connectivity index is 1.43. The van der Waals surface area contributed by atoms with Gasteiger partial charge in [-0.25, -0.2) is 9.78 Å². The molecule has 0 atom stereocenters. The number of unbranched alkanes of at least 4 members (excludes halogenated alkanes) is 1. The van der Waals surface area contributed by atoms with E-state index in [4.69, 9.17) is 0 Å². The third-order valence-corrected chi connectivity index (χ3v) is 5.07. The van der Waals surface area contributed by atoms with E-state index >= 15 is 0 Å². The third kappa shape index (κ3) is 2.67. The predicted octanol–water partition coefficient (Wildman–Crippen LogP) is 0.579. The molecule has 4 rings (SSSR count). The normalized spacial score (nSPS) is 13.6. The number of rotatable bonds is 5. The number of hydrogen-bond donors (Lipinski definition) is 1. The van der Waals surface area contributed by atoms with Crippen molar-refractivity contribution in [2.75, 3.05) is 6.54 Å². The summed E-state index contributed by atoms with van der Waals surface area (Å²) in [7, 11) is 2.99. The predicted molar refractivity (Wildman–Crippen MR) is 101 cm³/mol. The van der Waals surface area contributed by atoms with Crippen molar-refractivity contribution >= 4 is 23.0 Å². The van der Waals surface area contributed by atoms with Gasteiger partial charge < -0.3 is 4.98 Å². The van der Waals surface area contributed by atoms with E-state index in [1.54, 1.807) is 31.3 Å². The van der Waals surface area contributed by atoms with Crippen LogP contribution in [0.5, 0.6) is 0 Å². The van der Waals surface area contributed by atoms with Crippen LogP contribution in [0.1, 0.15) is 39.4 Å². The number of benzene rings is 1. The highest BCUT2D eigenvalue weighted by Crippen LogP contribution is 2.22. The Kier molecular flexibility index (Phi) is 4.21. The first-order chi connectivity index (χ1) is 13.4. The molecule has 1 aliphatic rings. The van der Waals surface area contributed by atoms with Crippen LogP contribution in [0.2, 0.25) is 0 Å². The number of H-pyrrole nitrogens is 1. The molecule has 9 nitrogen and oxygen atoms in total. The zero-order valence-electron chi connectivity index (χ0n) is 15.6. The van der Waals surface area contributed by atoms with Gasteiger partial charge in [0.1, 0.15) is 11.3 Å². The molecule has 3 heterocycles. The first kappa shape index (κ1) is 17.9. The quantitative estimate of drug-likeness (QED) is 0.513. The van der Waals surface area contributed by atoms with Crippen LogP contribution in [0.4, 0.5) is 0 Å². The minimum Gasteiger partial charge on any atom is -0.336 e. The molecular formula is C19H19N5O4. The number of nitrogens with one attached hydrogen (secondary N) is 1. The monoisotopic (exact) mass is 381 g/mol. The molecule has 0 saturated carbocycles. The van der Waals surface area contributed by atoms with Crippen molar-refractivity contribution in [3.05, 3.63) is 62.1 Å². The van der Waals surface area contributed by atoms with Gasteiger partial charge in [0.15, 0.2) is 5.65 Å². The van der Waals surface area contributed by atoms with E-state index < -0.39 is 11.2 Å². The Bertz CT molecular complexity index is 1200. The van der Waals surface area contributed by atoms with Crippen molar-refractivity contribution in [2.24, 2.45) is 14.1 Å². The number of amides is 2. The average molecular weight is 381 g/mol. The molecule has 0 saturated heterocycles. The Hall–Kier alpha value is -3.49. The topological polar surface area (TPSA) is 110 Å². The van der Waals surface area contributed by atoms with E-state index in [2.05, 4.69) is 9.97 Å². The summed E-state index contributed by atoms with van der Waals surface area (Å²) in [5.41, 5.74) is 0.663. The van der Waals surface area contributed by atoms with Crippen molar-refractivity contribution in [3.63, 3.8) is 0 Å². The molecule has 0 bridgehead atoms. The van der Waals surface area contributed by atoms with E-state index in [0.29, 0.717) is 53.9 Å². The Labute approximate surface area is 159 Å². The van der Waals surface area contributed by atoms with Crippen LogP contribution in [-0.2, 0) is 20.5 Å². The van der Waals surface area contributed by atoms with Crippen LogP contribution in [-0.4, -0.2) is 42.4 Å². The van der Waals surface area contributed by atoms with Gasteiger partial charge in [-0.05, 0) is 25.0 Å². The minimum absolute atomic E-state index is 0.261. The largest absolute Gasteiger partial charge is 0.336 e. The van der Waals surface area contributed by atoms with Crippen molar-refractivity contribution < 1.29 is 9.59 Å². The number of nitrogens with zero attached hydrogens (tertiary/aromatic N) is 4. The summed E-state index contributed by atoms with van der Waals surface area (Å²) in [6.07, 6.45) is 1.82. The zero-order valence-corrected chi connectivity index (χ0v) is 15.6. The lowest BCUT2D eigenvalue weighted by Crippen LogP contribution is -2.36. The molecule has 9 heteroatoms. The maximum absolute atomic E-state index is 12.3. The van der Waals surface area contributed by atoms with Gasteiger partial charge in [-0.15, -0.1) is 0 Å². The fourth-order valence-corrected chi connectivity index (χ4v) is 3.50. The van der Waals surface area contributed by atoms with E-state index in [1.165, 1.54) is 16.5 Å². The third-order valence-electron chi connectivity index (χ3n) is 5.07. The number of carbonyl (C=O) groups excluding carboxylic acids is 2. The number of fused-ring (bicyclic) bond motifs is 2. The summed E-state index contributed by atoms with van der Waals surface area (Å²) < 4.78 is 2.36. The summed E-state index contributed by atoms with van der Waals surface area (Å²) in [4.78, 5) is 57.5. The van der Waals surface area contributed by atoms with Gasteiger partial charge in [0.25, 0.3) is 17.4 Å². The zero-order chi connectivity index (χ0) is 20.0. The molecule has 3 aromatic rings. The lowest BCUT2D eigenvalue weighted by molar-refractivity contribution is 0.0652. The molecule has 1 aromatic carbocycles. The van der Waals surface area contributed by atoms with Crippen LogP contribution in [0.25, 0.3) is 11.2 Å². The summed E-state index contributed by atoms with van der Waals surface area (Å²) in [5.74, 6) is 0.0707. The number of aryl methyl sites for hydroxylation is 2. The van der Waals surface area contributed by atoms with Gasteiger partial charge >= 0.3 is 5.69 Å². The highest BCUT2D eigenvalue weighted by Gasteiger charge is 2.34. The van der Waals surface area contributed by atoms with Crippen molar-refractivity contribution in [1.29, 1.82) is 0 Å². The molecular weight excluding hydrogens is 362 g/mol. The standard InChI is InChI=1S/C19H19N5O4/c1-22-15-14(18(27)23(2)19(22)28)20-13(21-15)9-5-6-10-24-16(25)11-7-3-4-8-12(11)17(24)26/h3-4,7-8H,5-6,9-10H2,1-2H3,(H,20,21). The molecule has 144 valence electrons. The fourth-order valence-electron chi connectivity index (χ4n) is 3.50. The summed E-state index contributed by atoms with van der Waals surface area (Å²) in [6, 6.07) is 6.81. The van der Waals surface area contributed by atoms with Crippen molar-refractivity contribution in [1.82, 2.24) is 24.0 Å². The number of aromatic amines is 1. The van der Waals surface area contributed by atoms with Crippen molar-refractivity contribution in [3.8, 4) is 0 Å². The van der Waals surface area contributed by atoms with Gasteiger partial charge in [-0.3, -0.25) is 28.4 Å². The SMILES string of the molecule is Cn1c(=O)c2[nH]c(CCCCN3C(=O)c4ccccc4C3=O)nc2n(C)c1=O. The molecule has 0 radical (unpaired) electrons. The fraction of sp³-hybridized carbons (Fsp3) is 0.316. The van der Waals surface area contributed by atoms with Crippen LogP contribution in [0, 0.1) is 0 Å². The van der Waals surface area contributed by atoms with Gasteiger partial charge in [0.05, 0.1) is 11.1 Å².